The highest BCUT2D eigenvalue weighted by Crippen LogP contribution is 2.33. The van der Waals surface area contributed by atoms with Crippen LogP contribution in [0, 0.1) is 0 Å². The number of halogens is 1. The lowest BCUT2D eigenvalue weighted by Crippen LogP contribution is -2.16. The van der Waals surface area contributed by atoms with Crippen molar-refractivity contribution in [1.82, 2.24) is 10.2 Å². The van der Waals surface area contributed by atoms with Crippen LogP contribution < -0.4 is 4.74 Å². The van der Waals surface area contributed by atoms with E-state index in [1.807, 2.05) is 18.2 Å². The number of nitrogens with zero attached hydrogens (tertiary/aromatic N) is 2. The van der Waals surface area contributed by atoms with E-state index in [2.05, 4.69) is 69.9 Å². The van der Waals surface area contributed by atoms with Crippen LogP contribution in [0.5, 0.6) is 5.75 Å². The van der Waals surface area contributed by atoms with E-state index >= 15 is 0 Å². The Hall–Kier alpha value is -2.33. The molecule has 0 saturated heterocycles. The minimum Gasteiger partial charge on any atom is -0.482 e. The van der Waals surface area contributed by atoms with Crippen molar-refractivity contribution in [1.29, 1.82) is 0 Å². The Morgan fingerprint density at radius 2 is 1.50 bits per heavy atom. The van der Waals surface area contributed by atoms with Crippen LogP contribution in [-0.4, -0.2) is 10.2 Å². The summed E-state index contributed by atoms with van der Waals surface area (Å²) in [6.07, 6.45) is 0. The van der Waals surface area contributed by atoms with Crippen LogP contribution in [0.25, 0.3) is 11.5 Å². The van der Waals surface area contributed by atoms with Crippen LogP contribution >= 0.6 is 11.6 Å². The highest BCUT2D eigenvalue weighted by Gasteiger charge is 2.22. The standard InChI is InChI=1S/C23H27ClN2O2/c1-22(2,3)16-11-15(12-17(13-16)23(4,5)6)21-26-25-20(28-21)14-27-19-10-8-7-9-18(19)24/h7-13H,14H2,1-6H3. The largest absolute Gasteiger partial charge is 0.482 e. The van der Waals surface area contributed by atoms with Crippen LogP contribution in [-0.2, 0) is 17.4 Å². The first-order chi connectivity index (χ1) is 13.0. The smallest absolute Gasteiger partial charge is 0.254 e. The van der Waals surface area contributed by atoms with E-state index in [-0.39, 0.29) is 17.4 Å². The maximum atomic E-state index is 6.12. The van der Waals surface area contributed by atoms with Crippen LogP contribution in [0.15, 0.2) is 46.9 Å². The molecule has 0 aliphatic rings. The summed E-state index contributed by atoms with van der Waals surface area (Å²) < 4.78 is 11.6. The first kappa shape index (κ1) is 20.4. The SMILES string of the molecule is CC(C)(C)c1cc(-c2nnc(COc3ccccc3Cl)o2)cc(C(C)(C)C)c1. The molecule has 0 aliphatic carbocycles. The van der Waals surface area contributed by atoms with Gasteiger partial charge in [0, 0.05) is 5.56 Å². The van der Waals surface area contributed by atoms with Gasteiger partial charge in [0.25, 0.3) is 5.89 Å². The Morgan fingerprint density at radius 1 is 0.893 bits per heavy atom. The monoisotopic (exact) mass is 398 g/mol. The minimum absolute atomic E-state index is 0.0199. The Kier molecular flexibility index (Phi) is 5.53. The number of hydrogen-bond acceptors (Lipinski definition) is 4. The molecule has 0 amide bonds. The first-order valence-corrected chi connectivity index (χ1v) is 9.78. The molecule has 0 aliphatic heterocycles. The summed E-state index contributed by atoms with van der Waals surface area (Å²) in [6, 6.07) is 13.8. The number of hydrogen-bond donors (Lipinski definition) is 0. The van der Waals surface area contributed by atoms with Gasteiger partial charge in [0.1, 0.15) is 5.75 Å². The summed E-state index contributed by atoms with van der Waals surface area (Å²) >= 11 is 6.12. The fourth-order valence-electron chi connectivity index (χ4n) is 2.75. The van der Waals surface area contributed by atoms with Crippen LogP contribution in [0.1, 0.15) is 58.6 Å². The molecule has 0 atom stereocenters. The van der Waals surface area contributed by atoms with E-state index < -0.39 is 0 Å². The molecule has 148 valence electrons. The molecule has 28 heavy (non-hydrogen) atoms. The third-order valence-corrected chi connectivity index (χ3v) is 4.88. The molecule has 3 rings (SSSR count). The Bertz CT molecular complexity index is 933. The second kappa shape index (κ2) is 7.59. The van der Waals surface area contributed by atoms with Gasteiger partial charge in [0.05, 0.1) is 5.02 Å². The van der Waals surface area contributed by atoms with Gasteiger partial charge in [0.2, 0.25) is 5.89 Å². The summed E-state index contributed by atoms with van der Waals surface area (Å²) in [7, 11) is 0. The molecule has 0 saturated carbocycles. The maximum absolute atomic E-state index is 6.12. The fraction of sp³-hybridized carbons (Fsp3) is 0.391. The number of ether oxygens (including phenoxy) is 1. The highest BCUT2D eigenvalue weighted by molar-refractivity contribution is 6.32. The van der Waals surface area contributed by atoms with Crippen molar-refractivity contribution in [2.75, 3.05) is 0 Å². The molecule has 4 nitrogen and oxygen atoms in total. The van der Waals surface area contributed by atoms with Crippen LogP contribution in [0.2, 0.25) is 5.02 Å². The lowest BCUT2D eigenvalue weighted by molar-refractivity contribution is 0.264. The van der Waals surface area contributed by atoms with E-state index in [1.165, 1.54) is 11.1 Å². The lowest BCUT2D eigenvalue weighted by atomic mass is 9.79. The van der Waals surface area contributed by atoms with Gasteiger partial charge in [-0.25, -0.2) is 0 Å². The number of para-hydroxylation sites is 1. The third-order valence-electron chi connectivity index (χ3n) is 4.57. The van der Waals surface area contributed by atoms with Crippen molar-refractivity contribution in [3.05, 3.63) is 64.5 Å². The summed E-state index contributed by atoms with van der Waals surface area (Å²) in [5.41, 5.74) is 3.44. The molecular formula is C23H27ClN2O2. The van der Waals surface area contributed by atoms with E-state index in [9.17, 15) is 0 Å². The zero-order valence-corrected chi connectivity index (χ0v) is 18.1. The predicted octanol–water partition coefficient (Wildman–Crippen LogP) is 6.56. The summed E-state index contributed by atoms with van der Waals surface area (Å²) in [6.45, 7) is 13.4. The van der Waals surface area contributed by atoms with Crippen molar-refractivity contribution >= 4 is 11.6 Å². The molecule has 2 aromatic carbocycles. The molecule has 0 fully saturated rings. The number of rotatable bonds is 4. The van der Waals surface area contributed by atoms with Gasteiger partial charge in [-0.2, -0.15) is 0 Å². The third kappa shape index (κ3) is 4.74. The molecule has 0 unspecified atom stereocenters. The van der Waals surface area contributed by atoms with Gasteiger partial charge in [-0.15, -0.1) is 10.2 Å². The molecule has 0 radical (unpaired) electrons. The van der Waals surface area contributed by atoms with Gasteiger partial charge in [-0.05, 0) is 46.2 Å². The molecule has 0 bridgehead atoms. The quantitative estimate of drug-likeness (QED) is 0.499. The predicted molar refractivity (Wildman–Crippen MR) is 113 cm³/mol. The van der Waals surface area contributed by atoms with Crippen molar-refractivity contribution in [3.8, 4) is 17.2 Å². The minimum atomic E-state index is 0.0199. The van der Waals surface area contributed by atoms with Crippen molar-refractivity contribution < 1.29 is 9.15 Å². The van der Waals surface area contributed by atoms with Crippen LogP contribution in [0.4, 0.5) is 0 Å². The average molecular weight is 399 g/mol. The lowest BCUT2D eigenvalue weighted by Gasteiger charge is -2.25. The topological polar surface area (TPSA) is 48.2 Å². The van der Waals surface area contributed by atoms with Gasteiger partial charge < -0.3 is 9.15 Å². The van der Waals surface area contributed by atoms with Gasteiger partial charge in [0.15, 0.2) is 6.61 Å². The number of aromatic nitrogens is 2. The Labute approximate surface area is 171 Å². The highest BCUT2D eigenvalue weighted by atomic mass is 35.5. The van der Waals surface area contributed by atoms with Gasteiger partial charge in [-0.3, -0.25) is 0 Å². The van der Waals surface area contributed by atoms with E-state index in [4.69, 9.17) is 20.8 Å². The zero-order valence-electron chi connectivity index (χ0n) is 17.3. The second-order valence-corrected chi connectivity index (χ2v) is 9.43. The molecular weight excluding hydrogens is 372 g/mol. The molecule has 3 aromatic rings. The summed E-state index contributed by atoms with van der Waals surface area (Å²) in [5.74, 6) is 1.50. The first-order valence-electron chi connectivity index (χ1n) is 9.40. The summed E-state index contributed by atoms with van der Waals surface area (Å²) in [4.78, 5) is 0. The number of benzene rings is 2. The van der Waals surface area contributed by atoms with Crippen molar-refractivity contribution in [2.24, 2.45) is 0 Å². The second-order valence-electron chi connectivity index (χ2n) is 9.02. The van der Waals surface area contributed by atoms with Crippen molar-refractivity contribution in [3.63, 3.8) is 0 Å². The molecule has 1 heterocycles. The van der Waals surface area contributed by atoms with Crippen LogP contribution in [0.3, 0.4) is 0 Å². The average Bonchev–Trinajstić information content (AvgIpc) is 3.08. The Balaban J connectivity index is 1.89. The van der Waals surface area contributed by atoms with E-state index in [0.717, 1.165) is 5.56 Å². The van der Waals surface area contributed by atoms with Gasteiger partial charge >= 0.3 is 0 Å². The van der Waals surface area contributed by atoms with E-state index in [0.29, 0.717) is 22.6 Å². The Morgan fingerprint density at radius 3 is 2.07 bits per heavy atom. The summed E-state index contributed by atoms with van der Waals surface area (Å²) in [5, 5.41) is 8.92. The zero-order chi connectivity index (χ0) is 20.5. The maximum Gasteiger partial charge on any atom is 0.254 e. The van der Waals surface area contributed by atoms with Gasteiger partial charge in [-0.1, -0.05) is 71.3 Å². The normalized spacial score (nSPS) is 12.2. The fourth-order valence-corrected chi connectivity index (χ4v) is 2.94. The van der Waals surface area contributed by atoms with Crippen molar-refractivity contribution in [2.45, 2.75) is 59.0 Å². The van der Waals surface area contributed by atoms with E-state index in [1.54, 1.807) is 6.07 Å². The molecule has 1 aromatic heterocycles. The molecule has 5 heteroatoms. The molecule has 0 spiro atoms. The molecule has 0 N–H and O–H groups in total.